The molecule has 2 N–H and O–H groups in total. The third-order valence-electron chi connectivity index (χ3n) is 4.52. The SMILES string of the molecule is CSc1ccc(C(C)NCC2CCC(C(=O)O)CC2)cc1. The van der Waals surface area contributed by atoms with Crippen molar-refractivity contribution >= 4 is 17.7 Å². The lowest BCUT2D eigenvalue weighted by molar-refractivity contribution is -0.143. The van der Waals surface area contributed by atoms with Gasteiger partial charge in [-0.25, -0.2) is 0 Å². The molecular formula is C17H25NO2S. The van der Waals surface area contributed by atoms with Crippen LogP contribution in [-0.2, 0) is 4.79 Å². The van der Waals surface area contributed by atoms with Crippen LogP contribution < -0.4 is 5.32 Å². The van der Waals surface area contributed by atoms with Gasteiger partial charge in [0.15, 0.2) is 0 Å². The highest BCUT2D eigenvalue weighted by Gasteiger charge is 2.25. The highest BCUT2D eigenvalue weighted by Crippen LogP contribution is 2.29. The number of benzene rings is 1. The number of carboxylic acids is 1. The predicted molar refractivity (Wildman–Crippen MR) is 87.7 cm³/mol. The Morgan fingerprint density at radius 3 is 2.43 bits per heavy atom. The van der Waals surface area contributed by atoms with Gasteiger partial charge < -0.3 is 10.4 Å². The van der Waals surface area contributed by atoms with E-state index < -0.39 is 5.97 Å². The van der Waals surface area contributed by atoms with Crippen LogP contribution in [0.1, 0.15) is 44.2 Å². The Balaban J connectivity index is 1.76. The van der Waals surface area contributed by atoms with Gasteiger partial charge in [0.05, 0.1) is 5.92 Å². The minimum absolute atomic E-state index is 0.113. The highest BCUT2D eigenvalue weighted by atomic mass is 32.2. The van der Waals surface area contributed by atoms with Gasteiger partial charge in [0.25, 0.3) is 0 Å². The molecule has 1 aromatic carbocycles. The first-order valence-electron chi connectivity index (χ1n) is 7.70. The second kappa shape index (κ2) is 7.85. The molecular weight excluding hydrogens is 282 g/mol. The van der Waals surface area contributed by atoms with Crippen molar-refractivity contribution in [3.05, 3.63) is 29.8 Å². The molecule has 1 aliphatic rings. The first-order valence-corrected chi connectivity index (χ1v) is 8.92. The summed E-state index contributed by atoms with van der Waals surface area (Å²) in [5.41, 5.74) is 1.31. The van der Waals surface area contributed by atoms with Gasteiger partial charge in [0, 0.05) is 10.9 Å². The zero-order valence-electron chi connectivity index (χ0n) is 12.8. The van der Waals surface area contributed by atoms with E-state index in [1.165, 1.54) is 10.5 Å². The van der Waals surface area contributed by atoms with Crippen molar-refractivity contribution < 1.29 is 9.90 Å². The zero-order valence-corrected chi connectivity index (χ0v) is 13.7. The van der Waals surface area contributed by atoms with Crippen LogP contribution in [0.5, 0.6) is 0 Å². The topological polar surface area (TPSA) is 49.3 Å². The lowest BCUT2D eigenvalue weighted by Crippen LogP contribution is -2.30. The monoisotopic (exact) mass is 307 g/mol. The van der Waals surface area contributed by atoms with Gasteiger partial charge >= 0.3 is 5.97 Å². The molecule has 1 aromatic rings. The quantitative estimate of drug-likeness (QED) is 0.781. The van der Waals surface area contributed by atoms with E-state index in [9.17, 15) is 4.79 Å². The average Bonchev–Trinajstić information content (AvgIpc) is 2.53. The summed E-state index contributed by atoms with van der Waals surface area (Å²) in [5, 5.41) is 12.6. The number of hydrogen-bond acceptors (Lipinski definition) is 3. The summed E-state index contributed by atoms with van der Waals surface area (Å²) < 4.78 is 0. The molecule has 0 aromatic heterocycles. The standard InChI is InChI=1S/C17H25NO2S/c1-12(14-7-9-16(21-2)10-8-14)18-11-13-3-5-15(6-4-13)17(19)20/h7-10,12-13,15,18H,3-6,11H2,1-2H3,(H,19,20). The van der Waals surface area contributed by atoms with E-state index in [-0.39, 0.29) is 5.92 Å². The summed E-state index contributed by atoms with van der Waals surface area (Å²) in [5.74, 6) is -0.116. The number of hydrogen-bond donors (Lipinski definition) is 2. The molecule has 4 heteroatoms. The van der Waals surface area contributed by atoms with E-state index >= 15 is 0 Å². The molecule has 3 nitrogen and oxygen atoms in total. The smallest absolute Gasteiger partial charge is 0.306 e. The summed E-state index contributed by atoms with van der Waals surface area (Å²) in [6, 6.07) is 9.04. The second-order valence-electron chi connectivity index (χ2n) is 5.96. The molecule has 0 aliphatic heterocycles. The van der Waals surface area contributed by atoms with E-state index in [2.05, 4.69) is 42.8 Å². The third kappa shape index (κ3) is 4.75. The Hall–Kier alpha value is -1.00. The van der Waals surface area contributed by atoms with Crippen molar-refractivity contribution in [3.63, 3.8) is 0 Å². The lowest BCUT2D eigenvalue weighted by Gasteiger charge is -2.27. The van der Waals surface area contributed by atoms with Crippen LogP contribution in [0.2, 0.25) is 0 Å². The summed E-state index contributed by atoms with van der Waals surface area (Å²) in [6.07, 6.45) is 5.81. The Morgan fingerprint density at radius 2 is 1.90 bits per heavy atom. The number of rotatable bonds is 6. The fraction of sp³-hybridized carbons (Fsp3) is 0.588. The number of carbonyl (C=O) groups is 1. The van der Waals surface area contributed by atoms with Gasteiger partial charge in [-0.2, -0.15) is 0 Å². The Labute approximate surface area is 131 Å². The van der Waals surface area contributed by atoms with Gasteiger partial charge in [-0.1, -0.05) is 12.1 Å². The highest BCUT2D eigenvalue weighted by molar-refractivity contribution is 7.98. The van der Waals surface area contributed by atoms with Gasteiger partial charge in [-0.05, 0) is 69.0 Å². The normalized spacial score (nSPS) is 23.7. The van der Waals surface area contributed by atoms with Crippen molar-refractivity contribution in [1.82, 2.24) is 5.32 Å². The van der Waals surface area contributed by atoms with Crippen LogP contribution in [0.15, 0.2) is 29.2 Å². The van der Waals surface area contributed by atoms with Crippen LogP contribution in [0, 0.1) is 11.8 Å². The molecule has 116 valence electrons. The first kappa shape index (κ1) is 16.4. The minimum atomic E-state index is -0.622. The largest absolute Gasteiger partial charge is 0.481 e. The molecule has 0 radical (unpaired) electrons. The van der Waals surface area contributed by atoms with Crippen LogP contribution >= 0.6 is 11.8 Å². The van der Waals surface area contributed by atoms with Crippen molar-refractivity contribution in [2.24, 2.45) is 11.8 Å². The van der Waals surface area contributed by atoms with E-state index in [0.29, 0.717) is 12.0 Å². The number of thioether (sulfide) groups is 1. The van der Waals surface area contributed by atoms with Gasteiger partial charge in [0.1, 0.15) is 0 Å². The predicted octanol–water partition coefficient (Wildman–Crippen LogP) is 3.95. The molecule has 21 heavy (non-hydrogen) atoms. The number of aliphatic carboxylic acids is 1. The van der Waals surface area contributed by atoms with Crippen LogP contribution in [0.4, 0.5) is 0 Å². The molecule has 1 atom stereocenters. The maximum absolute atomic E-state index is 10.9. The van der Waals surface area contributed by atoms with Crippen molar-refractivity contribution in [2.45, 2.75) is 43.5 Å². The maximum atomic E-state index is 10.9. The molecule has 1 unspecified atom stereocenters. The van der Waals surface area contributed by atoms with Crippen molar-refractivity contribution in [3.8, 4) is 0 Å². The Bertz CT molecular complexity index is 452. The fourth-order valence-corrected chi connectivity index (χ4v) is 3.38. The van der Waals surface area contributed by atoms with Gasteiger partial charge in [-0.15, -0.1) is 11.8 Å². The molecule has 0 saturated heterocycles. The molecule has 0 spiro atoms. The van der Waals surface area contributed by atoms with E-state index in [0.717, 1.165) is 32.2 Å². The molecule has 1 fully saturated rings. The second-order valence-corrected chi connectivity index (χ2v) is 6.84. The van der Waals surface area contributed by atoms with Crippen LogP contribution in [0.3, 0.4) is 0 Å². The molecule has 0 heterocycles. The fourth-order valence-electron chi connectivity index (χ4n) is 2.97. The van der Waals surface area contributed by atoms with Crippen molar-refractivity contribution in [1.29, 1.82) is 0 Å². The molecule has 0 bridgehead atoms. The zero-order chi connectivity index (χ0) is 15.2. The van der Waals surface area contributed by atoms with Crippen molar-refractivity contribution in [2.75, 3.05) is 12.8 Å². The van der Waals surface area contributed by atoms with Gasteiger partial charge in [0.2, 0.25) is 0 Å². The minimum Gasteiger partial charge on any atom is -0.481 e. The van der Waals surface area contributed by atoms with E-state index in [4.69, 9.17) is 5.11 Å². The molecule has 1 saturated carbocycles. The average molecular weight is 307 g/mol. The summed E-state index contributed by atoms with van der Waals surface area (Å²) in [6.45, 7) is 3.18. The van der Waals surface area contributed by atoms with Crippen LogP contribution in [0.25, 0.3) is 0 Å². The molecule has 1 aliphatic carbocycles. The Kier molecular flexibility index (Phi) is 6.12. The van der Waals surface area contributed by atoms with E-state index in [1.54, 1.807) is 11.8 Å². The first-order chi connectivity index (χ1) is 10.1. The summed E-state index contributed by atoms with van der Waals surface area (Å²) >= 11 is 1.76. The summed E-state index contributed by atoms with van der Waals surface area (Å²) in [7, 11) is 0. The lowest BCUT2D eigenvalue weighted by atomic mass is 9.82. The summed E-state index contributed by atoms with van der Waals surface area (Å²) in [4.78, 5) is 12.2. The van der Waals surface area contributed by atoms with Crippen LogP contribution in [-0.4, -0.2) is 23.9 Å². The Morgan fingerprint density at radius 1 is 1.29 bits per heavy atom. The van der Waals surface area contributed by atoms with E-state index in [1.807, 2.05) is 0 Å². The third-order valence-corrected chi connectivity index (χ3v) is 5.27. The maximum Gasteiger partial charge on any atom is 0.306 e. The number of carboxylic acid groups (broad SMARTS) is 1. The van der Waals surface area contributed by atoms with Gasteiger partial charge in [-0.3, -0.25) is 4.79 Å². The molecule has 2 rings (SSSR count). The number of nitrogens with one attached hydrogen (secondary N) is 1. The molecule has 0 amide bonds.